The Morgan fingerprint density at radius 1 is 1.08 bits per heavy atom. The maximum Gasteiger partial charge on any atom is 0.527 e. The van der Waals surface area contributed by atoms with Crippen LogP contribution >= 0.6 is 7.82 Å². The zero-order chi connectivity index (χ0) is 17.6. The lowest BCUT2D eigenvalue weighted by Gasteiger charge is -2.21. The zero-order valence-electron chi connectivity index (χ0n) is 14.2. The normalized spacial score (nSPS) is 16.0. The fourth-order valence-corrected chi connectivity index (χ4v) is 3.52. The molecule has 0 aliphatic rings. The molecular formula is C19H23O4P. The molecule has 0 aliphatic carbocycles. The Balaban J connectivity index is 2.47. The van der Waals surface area contributed by atoms with E-state index in [1.165, 1.54) is 0 Å². The number of allylic oxidation sites excluding steroid dienone is 2. The first-order valence-electron chi connectivity index (χ1n) is 7.92. The molecule has 0 heterocycles. The van der Waals surface area contributed by atoms with Gasteiger partial charge in [-0.1, -0.05) is 67.6 Å². The van der Waals surface area contributed by atoms with E-state index < -0.39 is 7.82 Å². The molecule has 0 amide bonds. The molecule has 2 aromatic carbocycles. The highest BCUT2D eigenvalue weighted by molar-refractivity contribution is 7.47. The van der Waals surface area contributed by atoms with E-state index in [4.69, 9.17) is 9.05 Å². The van der Waals surface area contributed by atoms with Gasteiger partial charge in [-0.3, -0.25) is 9.42 Å². The van der Waals surface area contributed by atoms with Gasteiger partial charge in [-0.05, 0) is 25.0 Å². The topological polar surface area (TPSA) is 55.8 Å². The number of hydrogen-bond acceptors (Lipinski definition) is 3. The van der Waals surface area contributed by atoms with Gasteiger partial charge in [-0.25, -0.2) is 4.57 Å². The summed E-state index contributed by atoms with van der Waals surface area (Å²) in [5.41, 5.74) is 2.90. The fourth-order valence-electron chi connectivity index (χ4n) is 2.70. The Bertz CT molecular complexity index is 726. The second kappa shape index (κ2) is 8.29. The van der Waals surface area contributed by atoms with Gasteiger partial charge in [0.2, 0.25) is 0 Å². The summed E-state index contributed by atoms with van der Waals surface area (Å²) in [6.45, 7) is 5.50. The lowest BCUT2D eigenvalue weighted by atomic mass is 9.87. The van der Waals surface area contributed by atoms with Crippen molar-refractivity contribution < 1.29 is 18.5 Å². The average Bonchev–Trinajstić information content (AvgIpc) is 2.56. The molecule has 0 saturated heterocycles. The molecule has 0 fully saturated rings. The van der Waals surface area contributed by atoms with Crippen molar-refractivity contribution in [2.45, 2.75) is 26.7 Å². The van der Waals surface area contributed by atoms with Crippen molar-refractivity contribution in [3.63, 3.8) is 0 Å². The van der Waals surface area contributed by atoms with E-state index >= 15 is 0 Å². The third kappa shape index (κ3) is 4.81. The highest BCUT2D eigenvalue weighted by Gasteiger charge is 2.25. The summed E-state index contributed by atoms with van der Waals surface area (Å²) in [5, 5.41) is 0. The molecule has 0 aromatic heterocycles. The van der Waals surface area contributed by atoms with Crippen LogP contribution in [0.25, 0.3) is 5.57 Å². The van der Waals surface area contributed by atoms with Crippen LogP contribution in [0.3, 0.4) is 0 Å². The van der Waals surface area contributed by atoms with Crippen LogP contribution in [0.2, 0.25) is 0 Å². The molecule has 0 radical (unpaired) electrons. The number of phosphoric acid groups is 1. The van der Waals surface area contributed by atoms with Crippen LogP contribution in [0.1, 0.15) is 37.8 Å². The van der Waals surface area contributed by atoms with E-state index in [9.17, 15) is 9.46 Å². The Morgan fingerprint density at radius 2 is 1.62 bits per heavy atom. The smallest absolute Gasteiger partial charge is 0.409 e. The van der Waals surface area contributed by atoms with E-state index in [0.717, 1.165) is 16.7 Å². The number of benzene rings is 2. The molecule has 128 valence electrons. The minimum Gasteiger partial charge on any atom is -0.409 e. The molecule has 0 bridgehead atoms. The van der Waals surface area contributed by atoms with Crippen molar-refractivity contribution in [1.82, 2.24) is 0 Å². The van der Waals surface area contributed by atoms with Crippen LogP contribution in [0.15, 0.2) is 66.4 Å². The molecule has 2 unspecified atom stereocenters. The van der Waals surface area contributed by atoms with Gasteiger partial charge in [0.05, 0.1) is 6.61 Å². The van der Waals surface area contributed by atoms with Gasteiger partial charge in [-0.15, -0.1) is 0 Å². The first kappa shape index (κ1) is 18.5. The van der Waals surface area contributed by atoms with Crippen molar-refractivity contribution in [3.05, 3.63) is 77.5 Å². The summed E-state index contributed by atoms with van der Waals surface area (Å²) < 4.78 is 22.1. The summed E-state index contributed by atoms with van der Waals surface area (Å²) in [6, 6.07) is 19.7. The van der Waals surface area contributed by atoms with Gasteiger partial charge in [-0.2, -0.15) is 0 Å². The largest absolute Gasteiger partial charge is 0.527 e. The summed E-state index contributed by atoms with van der Waals surface area (Å²) >= 11 is 0. The van der Waals surface area contributed by atoms with Crippen LogP contribution in [-0.2, 0) is 13.6 Å². The predicted molar refractivity (Wildman–Crippen MR) is 96.4 cm³/mol. The van der Waals surface area contributed by atoms with Crippen LogP contribution in [0.5, 0.6) is 0 Å². The Labute approximate surface area is 143 Å². The lowest BCUT2D eigenvalue weighted by molar-refractivity contribution is 0.186. The van der Waals surface area contributed by atoms with E-state index in [1.54, 1.807) is 13.8 Å². The zero-order valence-corrected chi connectivity index (χ0v) is 15.1. The number of phosphoric ester groups is 1. The first-order valence-corrected chi connectivity index (χ1v) is 9.42. The van der Waals surface area contributed by atoms with Gasteiger partial charge < -0.3 is 4.52 Å². The highest BCUT2D eigenvalue weighted by Crippen LogP contribution is 2.48. The first-order chi connectivity index (χ1) is 11.4. The van der Waals surface area contributed by atoms with Crippen molar-refractivity contribution in [3.8, 4) is 0 Å². The van der Waals surface area contributed by atoms with Crippen LogP contribution in [-0.4, -0.2) is 11.5 Å². The maximum absolute atomic E-state index is 12.0. The monoisotopic (exact) mass is 346 g/mol. The van der Waals surface area contributed by atoms with Gasteiger partial charge in [0, 0.05) is 11.5 Å². The highest BCUT2D eigenvalue weighted by atomic mass is 31.2. The number of rotatable bonds is 7. The molecule has 2 rings (SSSR count). The molecule has 0 aliphatic heterocycles. The predicted octanol–water partition coefficient (Wildman–Crippen LogP) is 5.37. The van der Waals surface area contributed by atoms with Crippen LogP contribution in [0, 0.1) is 0 Å². The van der Waals surface area contributed by atoms with E-state index in [0.29, 0.717) is 5.76 Å². The standard InChI is InChI=1S/C19H23O4P/c1-4-22-24(20,21)23-16(3)19(18-13-9-6-10-14-18)15(2)17-11-7-5-8-12-17/h5-15H,4H2,1-3H3,(H,20,21)/b19-16-. The fraction of sp³-hybridized carbons (Fsp3) is 0.263. The molecule has 1 N–H and O–H groups in total. The van der Waals surface area contributed by atoms with Gasteiger partial charge in [0.25, 0.3) is 0 Å². The molecule has 0 saturated carbocycles. The summed E-state index contributed by atoms with van der Waals surface area (Å²) in [5.74, 6) is 0.382. The minimum atomic E-state index is -4.11. The number of hydrogen-bond donors (Lipinski definition) is 1. The third-order valence-corrected chi connectivity index (χ3v) is 4.83. The summed E-state index contributed by atoms with van der Waals surface area (Å²) in [4.78, 5) is 9.81. The quantitative estimate of drug-likeness (QED) is 0.540. The van der Waals surface area contributed by atoms with Crippen molar-refractivity contribution in [1.29, 1.82) is 0 Å². The average molecular weight is 346 g/mol. The van der Waals surface area contributed by atoms with Gasteiger partial charge in [0.15, 0.2) is 0 Å². The van der Waals surface area contributed by atoms with Gasteiger partial charge >= 0.3 is 7.82 Å². The van der Waals surface area contributed by atoms with Crippen molar-refractivity contribution >= 4 is 13.4 Å². The second-order valence-corrected chi connectivity index (χ2v) is 6.82. The van der Waals surface area contributed by atoms with Crippen molar-refractivity contribution in [2.75, 3.05) is 6.61 Å². The van der Waals surface area contributed by atoms with E-state index in [-0.39, 0.29) is 12.5 Å². The molecule has 2 aromatic rings. The van der Waals surface area contributed by atoms with Gasteiger partial charge in [0.1, 0.15) is 5.76 Å². The third-order valence-electron chi connectivity index (χ3n) is 3.74. The molecular weight excluding hydrogens is 323 g/mol. The van der Waals surface area contributed by atoms with Crippen LogP contribution in [0.4, 0.5) is 0 Å². The molecule has 24 heavy (non-hydrogen) atoms. The van der Waals surface area contributed by atoms with E-state index in [2.05, 4.69) is 0 Å². The molecule has 2 atom stereocenters. The second-order valence-electron chi connectivity index (χ2n) is 5.45. The maximum atomic E-state index is 12.0. The Kier molecular flexibility index (Phi) is 6.38. The molecule has 5 heteroatoms. The lowest BCUT2D eigenvalue weighted by Crippen LogP contribution is -2.03. The molecule has 0 spiro atoms. The van der Waals surface area contributed by atoms with Crippen molar-refractivity contribution in [2.24, 2.45) is 0 Å². The van der Waals surface area contributed by atoms with E-state index in [1.807, 2.05) is 67.6 Å². The minimum absolute atomic E-state index is 0.00442. The summed E-state index contributed by atoms with van der Waals surface area (Å²) in [6.07, 6.45) is 0. The Morgan fingerprint density at radius 3 is 2.17 bits per heavy atom. The SMILES string of the molecule is CCOP(=O)(O)O/C(C)=C(\c1ccccc1)C(C)c1ccccc1. The van der Waals surface area contributed by atoms with Crippen LogP contribution < -0.4 is 0 Å². The summed E-state index contributed by atoms with van der Waals surface area (Å²) in [7, 11) is -4.11. The molecule has 4 nitrogen and oxygen atoms in total. The Hall–Kier alpha value is -1.87.